The first-order chi connectivity index (χ1) is 9.77. The standard InChI is InChI=1S/C15H18BrN3OS/c1-11(18-21(20)15(2,3)4)12-9-17-19(10-12)14-7-5-6-13(16)8-14/h5-10H,1-4H3/t21-/m1/s1. The van der Waals surface area contributed by atoms with E-state index in [1.54, 1.807) is 10.9 Å². The van der Waals surface area contributed by atoms with Gasteiger partial charge in [0.05, 0.1) is 22.3 Å². The van der Waals surface area contributed by atoms with Gasteiger partial charge in [0.1, 0.15) is 11.0 Å². The van der Waals surface area contributed by atoms with Crippen molar-refractivity contribution < 1.29 is 4.21 Å². The summed E-state index contributed by atoms with van der Waals surface area (Å²) >= 11 is 3.44. The molecule has 21 heavy (non-hydrogen) atoms. The molecule has 0 unspecified atom stereocenters. The van der Waals surface area contributed by atoms with Crippen LogP contribution >= 0.6 is 15.9 Å². The zero-order valence-corrected chi connectivity index (χ0v) is 14.9. The second-order valence-electron chi connectivity index (χ2n) is 5.69. The fourth-order valence-electron chi connectivity index (χ4n) is 1.58. The summed E-state index contributed by atoms with van der Waals surface area (Å²) in [6.07, 6.45) is 3.63. The van der Waals surface area contributed by atoms with E-state index in [2.05, 4.69) is 25.4 Å². The Morgan fingerprint density at radius 3 is 2.71 bits per heavy atom. The van der Waals surface area contributed by atoms with Gasteiger partial charge in [0, 0.05) is 16.2 Å². The molecule has 0 saturated heterocycles. The number of hydrogen-bond donors (Lipinski definition) is 0. The van der Waals surface area contributed by atoms with E-state index >= 15 is 0 Å². The lowest BCUT2D eigenvalue weighted by Crippen LogP contribution is -2.20. The summed E-state index contributed by atoms with van der Waals surface area (Å²) in [5.41, 5.74) is 2.55. The largest absolute Gasteiger partial charge is 0.240 e. The SMILES string of the molecule is CC(=N[S@](=O)C(C)(C)C)c1cnn(-c2cccc(Br)c2)c1. The maximum absolute atomic E-state index is 12.1. The molecule has 1 atom stereocenters. The summed E-state index contributed by atoms with van der Waals surface area (Å²) in [4.78, 5) is 0. The van der Waals surface area contributed by atoms with Gasteiger partial charge in [0.2, 0.25) is 0 Å². The fraction of sp³-hybridized carbons (Fsp3) is 0.333. The van der Waals surface area contributed by atoms with E-state index in [1.165, 1.54) is 0 Å². The summed E-state index contributed by atoms with van der Waals surface area (Å²) in [6.45, 7) is 7.58. The highest BCUT2D eigenvalue weighted by molar-refractivity contribution is 9.10. The monoisotopic (exact) mass is 367 g/mol. The molecule has 0 saturated carbocycles. The molecule has 1 heterocycles. The molecule has 0 bridgehead atoms. The second-order valence-corrected chi connectivity index (χ2v) is 8.51. The molecule has 1 aromatic heterocycles. The van der Waals surface area contributed by atoms with Gasteiger partial charge in [-0.15, -0.1) is 0 Å². The zero-order chi connectivity index (χ0) is 15.6. The highest BCUT2D eigenvalue weighted by Crippen LogP contribution is 2.17. The van der Waals surface area contributed by atoms with Gasteiger partial charge in [0.15, 0.2) is 0 Å². The molecular formula is C15H18BrN3OS. The van der Waals surface area contributed by atoms with E-state index in [0.29, 0.717) is 0 Å². The first kappa shape index (κ1) is 16.1. The third-order valence-corrected chi connectivity index (χ3v) is 4.80. The Bertz CT molecular complexity index is 701. The minimum absolute atomic E-state index is 0.360. The van der Waals surface area contributed by atoms with Gasteiger partial charge in [-0.3, -0.25) is 0 Å². The van der Waals surface area contributed by atoms with Crippen LogP contribution in [0.4, 0.5) is 0 Å². The van der Waals surface area contributed by atoms with E-state index in [1.807, 2.05) is 58.2 Å². The summed E-state index contributed by atoms with van der Waals surface area (Å²) < 4.78 is 18.7. The van der Waals surface area contributed by atoms with Crippen LogP contribution in [-0.2, 0) is 11.0 Å². The predicted molar refractivity (Wildman–Crippen MR) is 91.4 cm³/mol. The number of nitrogens with zero attached hydrogens (tertiary/aromatic N) is 3. The summed E-state index contributed by atoms with van der Waals surface area (Å²) in [6, 6.07) is 7.88. The van der Waals surface area contributed by atoms with Gasteiger partial charge < -0.3 is 0 Å². The predicted octanol–water partition coefficient (Wildman–Crippen LogP) is 3.91. The fourth-order valence-corrected chi connectivity index (χ4v) is 2.60. The van der Waals surface area contributed by atoms with E-state index in [9.17, 15) is 4.21 Å². The Morgan fingerprint density at radius 1 is 1.38 bits per heavy atom. The minimum Gasteiger partial charge on any atom is -0.240 e. The van der Waals surface area contributed by atoms with Crippen LogP contribution in [-0.4, -0.2) is 24.4 Å². The average Bonchev–Trinajstić information content (AvgIpc) is 2.87. The number of halogens is 1. The minimum atomic E-state index is -1.26. The van der Waals surface area contributed by atoms with E-state index in [0.717, 1.165) is 21.4 Å². The second kappa shape index (κ2) is 6.23. The molecule has 4 nitrogen and oxygen atoms in total. The molecule has 0 aliphatic heterocycles. The first-order valence-corrected chi connectivity index (χ1v) is 8.45. The van der Waals surface area contributed by atoms with Crippen LogP contribution in [0, 0.1) is 0 Å². The number of rotatable bonds is 3. The lowest BCUT2D eigenvalue weighted by atomic mass is 10.2. The van der Waals surface area contributed by atoms with Crippen LogP contribution in [0.1, 0.15) is 33.3 Å². The Kier molecular flexibility index (Phi) is 4.78. The molecule has 0 aliphatic carbocycles. The number of hydrogen-bond acceptors (Lipinski definition) is 2. The topological polar surface area (TPSA) is 47.2 Å². The van der Waals surface area contributed by atoms with Crippen LogP contribution < -0.4 is 0 Å². The first-order valence-electron chi connectivity index (χ1n) is 6.55. The van der Waals surface area contributed by atoms with Crippen LogP contribution in [0.25, 0.3) is 5.69 Å². The molecule has 0 radical (unpaired) electrons. The maximum atomic E-state index is 12.1. The van der Waals surface area contributed by atoms with Gasteiger partial charge in [-0.25, -0.2) is 8.89 Å². The van der Waals surface area contributed by atoms with Gasteiger partial charge in [-0.1, -0.05) is 22.0 Å². The van der Waals surface area contributed by atoms with Crippen molar-refractivity contribution in [1.82, 2.24) is 9.78 Å². The molecule has 112 valence electrons. The summed E-state index contributed by atoms with van der Waals surface area (Å²) in [5.74, 6) is 0. The normalized spacial score (nSPS) is 14.2. The molecule has 6 heteroatoms. The Hall–Kier alpha value is -1.27. The van der Waals surface area contributed by atoms with Crippen molar-refractivity contribution in [2.45, 2.75) is 32.4 Å². The molecule has 1 aromatic carbocycles. The molecule has 0 N–H and O–H groups in total. The lowest BCUT2D eigenvalue weighted by Gasteiger charge is -2.13. The van der Waals surface area contributed by atoms with Gasteiger partial charge >= 0.3 is 0 Å². The van der Waals surface area contributed by atoms with Crippen LogP contribution in [0.5, 0.6) is 0 Å². The summed E-state index contributed by atoms with van der Waals surface area (Å²) in [7, 11) is -1.26. The average molecular weight is 368 g/mol. The quantitative estimate of drug-likeness (QED) is 0.772. The molecule has 2 rings (SSSR count). The van der Waals surface area contributed by atoms with Crippen molar-refractivity contribution in [3.8, 4) is 5.69 Å². The molecule has 0 fully saturated rings. The Labute approximate surface area is 136 Å². The molecular weight excluding hydrogens is 350 g/mol. The van der Waals surface area contributed by atoms with E-state index in [-0.39, 0.29) is 4.75 Å². The lowest BCUT2D eigenvalue weighted by molar-refractivity contribution is 0.650. The zero-order valence-electron chi connectivity index (χ0n) is 12.5. The molecule has 0 spiro atoms. The van der Waals surface area contributed by atoms with Crippen molar-refractivity contribution in [2.24, 2.45) is 4.40 Å². The number of aromatic nitrogens is 2. The highest BCUT2D eigenvalue weighted by Gasteiger charge is 2.19. The maximum Gasteiger partial charge on any atom is 0.145 e. The van der Waals surface area contributed by atoms with Crippen LogP contribution in [0.2, 0.25) is 0 Å². The molecule has 0 aliphatic rings. The van der Waals surface area contributed by atoms with Gasteiger partial charge in [0.25, 0.3) is 0 Å². The highest BCUT2D eigenvalue weighted by atomic mass is 79.9. The Morgan fingerprint density at radius 2 is 2.10 bits per heavy atom. The van der Waals surface area contributed by atoms with Crippen molar-refractivity contribution in [3.63, 3.8) is 0 Å². The van der Waals surface area contributed by atoms with Gasteiger partial charge in [-0.05, 0) is 45.9 Å². The molecule has 0 amide bonds. The smallest absolute Gasteiger partial charge is 0.145 e. The molecule has 2 aromatic rings. The third kappa shape index (κ3) is 4.11. The number of benzene rings is 1. The van der Waals surface area contributed by atoms with Gasteiger partial charge in [-0.2, -0.15) is 9.50 Å². The van der Waals surface area contributed by atoms with Crippen molar-refractivity contribution in [1.29, 1.82) is 0 Å². The third-order valence-electron chi connectivity index (χ3n) is 2.82. The van der Waals surface area contributed by atoms with Crippen LogP contribution in [0.3, 0.4) is 0 Å². The van der Waals surface area contributed by atoms with Crippen molar-refractivity contribution in [3.05, 3.63) is 46.7 Å². The van der Waals surface area contributed by atoms with E-state index in [4.69, 9.17) is 0 Å². The van der Waals surface area contributed by atoms with Crippen LogP contribution in [0.15, 0.2) is 45.5 Å². The Balaban J connectivity index is 2.28. The van der Waals surface area contributed by atoms with Crippen molar-refractivity contribution in [2.75, 3.05) is 0 Å². The van der Waals surface area contributed by atoms with Crippen molar-refractivity contribution >= 4 is 32.6 Å². The summed E-state index contributed by atoms with van der Waals surface area (Å²) in [5, 5.41) is 4.33. The van der Waals surface area contributed by atoms with E-state index < -0.39 is 11.0 Å².